The van der Waals surface area contributed by atoms with Crippen LogP contribution in [0, 0.1) is 13.8 Å². The van der Waals surface area contributed by atoms with Crippen molar-refractivity contribution in [1.29, 1.82) is 0 Å². The SMILES string of the molecule is CCNCc1c(C)c(Cl)cc(C)c1OCC. The lowest BCUT2D eigenvalue weighted by atomic mass is 10.0. The van der Waals surface area contributed by atoms with Gasteiger partial charge < -0.3 is 10.1 Å². The van der Waals surface area contributed by atoms with Crippen LogP contribution in [0.4, 0.5) is 0 Å². The van der Waals surface area contributed by atoms with Crippen LogP contribution in [-0.4, -0.2) is 13.2 Å². The lowest BCUT2D eigenvalue weighted by Gasteiger charge is -2.17. The maximum atomic E-state index is 6.19. The standard InChI is InChI=1S/C13H20ClNO/c1-5-15-8-11-10(4)12(14)7-9(3)13(11)16-6-2/h7,15H,5-6,8H2,1-4H3. The maximum absolute atomic E-state index is 6.19. The second kappa shape index (κ2) is 6.12. The molecule has 0 unspecified atom stereocenters. The van der Waals surface area contributed by atoms with Crippen molar-refractivity contribution in [2.24, 2.45) is 0 Å². The maximum Gasteiger partial charge on any atom is 0.127 e. The van der Waals surface area contributed by atoms with Crippen molar-refractivity contribution in [3.63, 3.8) is 0 Å². The van der Waals surface area contributed by atoms with Crippen LogP contribution in [-0.2, 0) is 6.54 Å². The first-order chi connectivity index (χ1) is 7.61. The third kappa shape index (κ3) is 2.89. The first-order valence-electron chi connectivity index (χ1n) is 5.73. The number of ether oxygens (including phenoxy) is 1. The Bertz CT molecular complexity index is 363. The second-order valence-electron chi connectivity index (χ2n) is 3.82. The molecule has 0 saturated carbocycles. The predicted octanol–water partition coefficient (Wildman–Crippen LogP) is 3.47. The van der Waals surface area contributed by atoms with E-state index in [4.69, 9.17) is 16.3 Å². The Labute approximate surface area is 103 Å². The van der Waals surface area contributed by atoms with Crippen LogP contribution in [0.15, 0.2) is 6.07 Å². The van der Waals surface area contributed by atoms with Crippen molar-refractivity contribution < 1.29 is 4.74 Å². The van der Waals surface area contributed by atoms with Gasteiger partial charge in [-0.25, -0.2) is 0 Å². The van der Waals surface area contributed by atoms with Gasteiger partial charge in [-0.15, -0.1) is 0 Å². The topological polar surface area (TPSA) is 21.3 Å². The quantitative estimate of drug-likeness (QED) is 0.853. The van der Waals surface area contributed by atoms with Gasteiger partial charge in [0.05, 0.1) is 6.61 Å². The third-order valence-corrected chi connectivity index (χ3v) is 3.02. The van der Waals surface area contributed by atoms with Crippen LogP contribution in [0.25, 0.3) is 0 Å². The normalized spacial score (nSPS) is 10.6. The summed E-state index contributed by atoms with van der Waals surface area (Å²) < 4.78 is 5.70. The molecule has 0 aromatic heterocycles. The summed E-state index contributed by atoms with van der Waals surface area (Å²) in [4.78, 5) is 0. The van der Waals surface area contributed by atoms with Crippen molar-refractivity contribution in [3.8, 4) is 5.75 Å². The molecule has 1 aromatic carbocycles. The number of nitrogens with one attached hydrogen (secondary N) is 1. The van der Waals surface area contributed by atoms with Gasteiger partial charge in [0.25, 0.3) is 0 Å². The smallest absolute Gasteiger partial charge is 0.127 e. The molecule has 16 heavy (non-hydrogen) atoms. The van der Waals surface area contributed by atoms with Gasteiger partial charge in [-0.2, -0.15) is 0 Å². The highest BCUT2D eigenvalue weighted by molar-refractivity contribution is 6.31. The van der Waals surface area contributed by atoms with Crippen LogP contribution < -0.4 is 10.1 Å². The molecule has 0 radical (unpaired) electrons. The summed E-state index contributed by atoms with van der Waals surface area (Å²) in [6.45, 7) is 10.6. The summed E-state index contributed by atoms with van der Waals surface area (Å²) in [6.07, 6.45) is 0. The molecule has 0 aliphatic carbocycles. The highest BCUT2D eigenvalue weighted by Crippen LogP contribution is 2.32. The molecule has 1 N–H and O–H groups in total. The van der Waals surface area contributed by atoms with Gasteiger partial charge in [-0.05, 0) is 44.5 Å². The van der Waals surface area contributed by atoms with Crippen molar-refractivity contribution in [3.05, 3.63) is 27.8 Å². The summed E-state index contributed by atoms with van der Waals surface area (Å²) in [5.74, 6) is 0.977. The zero-order chi connectivity index (χ0) is 12.1. The zero-order valence-electron chi connectivity index (χ0n) is 10.5. The van der Waals surface area contributed by atoms with E-state index in [0.717, 1.165) is 35.0 Å². The largest absolute Gasteiger partial charge is 0.493 e. The number of benzene rings is 1. The predicted molar refractivity (Wildman–Crippen MR) is 69.5 cm³/mol. The van der Waals surface area contributed by atoms with Crippen LogP contribution in [0.1, 0.15) is 30.5 Å². The van der Waals surface area contributed by atoms with E-state index in [1.165, 1.54) is 5.56 Å². The van der Waals surface area contributed by atoms with Crippen LogP contribution in [0.5, 0.6) is 5.75 Å². The summed E-state index contributed by atoms with van der Waals surface area (Å²) in [5, 5.41) is 4.13. The van der Waals surface area contributed by atoms with E-state index in [9.17, 15) is 0 Å². The van der Waals surface area contributed by atoms with E-state index in [-0.39, 0.29) is 0 Å². The van der Waals surface area contributed by atoms with Gasteiger partial charge in [0.2, 0.25) is 0 Å². The fourth-order valence-corrected chi connectivity index (χ4v) is 2.00. The minimum absolute atomic E-state index is 0.682. The van der Waals surface area contributed by atoms with Crippen LogP contribution >= 0.6 is 11.6 Å². The highest BCUT2D eigenvalue weighted by Gasteiger charge is 2.12. The summed E-state index contributed by atoms with van der Waals surface area (Å²) in [7, 11) is 0. The zero-order valence-corrected chi connectivity index (χ0v) is 11.2. The molecule has 0 spiro atoms. The minimum atomic E-state index is 0.682. The average Bonchev–Trinajstić information content (AvgIpc) is 2.25. The molecule has 0 heterocycles. The Morgan fingerprint density at radius 3 is 2.56 bits per heavy atom. The molecule has 0 aliphatic heterocycles. The average molecular weight is 242 g/mol. The number of hydrogen-bond acceptors (Lipinski definition) is 2. The van der Waals surface area contributed by atoms with Crippen LogP contribution in [0.3, 0.4) is 0 Å². The first-order valence-corrected chi connectivity index (χ1v) is 6.11. The number of hydrogen-bond donors (Lipinski definition) is 1. The van der Waals surface area contributed by atoms with Crippen molar-refractivity contribution in [1.82, 2.24) is 5.32 Å². The number of halogens is 1. The third-order valence-electron chi connectivity index (χ3n) is 2.63. The van der Waals surface area contributed by atoms with E-state index in [0.29, 0.717) is 6.61 Å². The lowest BCUT2D eigenvalue weighted by molar-refractivity contribution is 0.333. The molecule has 0 bridgehead atoms. The Hall–Kier alpha value is -0.730. The van der Waals surface area contributed by atoms with Crippen molar-refractivity contribution >= 4 is 11.6 Å². The van der Waals surface area contributed by atoms with Gasteiger partial charge >= 0.3 is 0 Å². The van der Waals surface area contributed by atoms with E-state index >= 15 is 0 Å². The van der Waals surface area contributed by atoms with Crippen molar-refractivity contribution in [2.45, 2.75) is 34.2 Å². The van der Waals surface area contributed by atoms with Crippen molar-refractivity contribution in [2.75, 3.05) is 13.2 Å². The van der Waals surface area contributed by atoms with E-state index in [2.05, 4.69) is 12.2 Å². The van der Waals surface area contributed by atoms with Gasteiger partial charge in [0.15, 0.2) is 0 Å². The molecule has 0 aliphatic rings. The molecule has 1 rings (SSSR count). The summed E-state index contributed by atoms with van der Waals surface area (Å²) in [6, 6.07) is 1.97. The monoisotopic (exact) mass is 241 g/mol. The van der Waals surface area contributed by atoms with Crippen LogP contribution in [0.2, 0.25) is 5.02 Å². The lowest BCUT2D eigenvalue weighted by Crippen LogP contribution is -2.14. The Morgan fingerprint density at radius 2 is 2.00 bits per heavy atom. The Morgan fingerprint density at radius 1 is 1.31 bits per heavy atom. The fourth-order valence-electron chi connectivity index (χ4n) is 1.72. The molecule has 3 heteroatoms. The molecular weight excluding hydrogens is 222 g/mol. The molecule has 2 nitrogen and oxygen atoms in total. The van der Waals surface area contributed by atoms with E-state index in [1.807, 2.05) is 26.8 Å². The van der Waals surface area contributed by atoms with Gasteiger partial charge in [0, 0.05) is 17.1 Å². The molecule has 0 amide bonds. The molecular formula is C13H20ClNO. The molecule has 0 saturated heterocycles. The molecule has 0 fully saturated rings. The fraction of sp³-hybridized carbons (Fsp3) is 0.538. The Balaban J connectivity index is 3.16. The van der Waals surface area contributed by atoms with Gasteiger partial charge in [-0.3, -0.25) is 0 Å². The number of rotatable bonds is 5. The van der Waals surface area contributed by atoms with E-state index < -0.39 is 0 Å². The first kappa shape index (κ1) is 13.3. The van der Waals surface area contributed by atoms with Gasteiger partial charge in [0.1, 0.15) is 5.75 Å². The van der Waals surface area contributed by atoms with E-state index in [1.54, 1.807) is 0 Å². The van der Waals surface area contributed by atoms with Gasteiger partial charge in [-0.1, -0.05) is 18.5 Å². The molecule has 0 atom stereocenters. The number of aryl methyl sites for hydroxylation is 1. The Kier molecular flexibility index (Phi) is 5.10. The summed E-state index contributed by atoms with van der Waals surface area (Å²) in [5.41, 5.74) is 3.38. The highest BCUT2D eigenvalue weighted by atomic mass is 35.5. The minimum Gasteiger partial charge on any atom is -0.493 e. The molecule has 1 aromatic rings. The summed E-state index contributed by atoms with van der Waals surface area (Å²) >= 11 is 6.19. The second-order valence-corrected chi connectivity index (χ2v) is 4.23. The molecule has 90 valence electrons.